The summed E-state index contributed by atoms with van der Waals surface area (Å²) in [5.41, 5.74) is 0.897. The van der Waals surface area contributed by atoms with Crippen LogP contribution in [0.15, 0.2) is 29.9 Å². The minimum absolute atomic E-state index is 0.0246. The average molecular weight is 362 g/mol. The molecule has 136 valence electrons. The topological polar surface area (TPSA) is 62.2 Å². The Morgan fingerprint density at radius 1 is 1.44 bits per heavy atom. The summed E-state index contributed by atoms with van der Waals surface area (Å²) in [6.07, 6.45) is 5.90. The summed E-state index contributed by atoms with van der Waals surface area (Å²) in [6.45, 7) is 4.02. The third-order valence-corrected chi connectivity index (χ3v) is 5.70. The molecule has 1 fully saturated rings. The first-order valence-electron chi connectivity index (χ1n) is 8.84. The number of thiophene rings is 1. The van der Waals surface area contributed by atoms with E-state index >= 15 is 0 Å². The van der Waals surface area contributed by atoms with Crippen LogP contribution in [0.5, 0.6) is 0 Å². The molecule has 1 atom stereocenters. The van der Waals surface area contributed by atoms with Gasteiger partial charge in [-0.2, -0.15) is 5.10 Å². The summed E-state index contributed by atoms with van der Waals surface area (Å²) in [4.78, 5) is 16.4. The van der Waals surface area contributed by atoms with E-state index in [1.165, 1.54) is 4.88 Å². The van der Waals surface area contributed by atoms with Crippen LogP contribution in [0.25, 0.3) is 0 Å². The predicted molar refractivity (Wildman–Crippen MR) is 100 cm³/mol. The first-order valence-corrected chi connectivity index (χ1v) is 9.72. The molecule has 0 spiro atoms. The zero-order valence-electron chi connectivity index (χ0n) is 14.9. The minimum atomic E-state index is -0.340. The fourth-order valence-electron chi connectivity index (χ4n) is 3.36. The molecule has 2 aromatic heterocycles. The fourth-order valence-corrected chi connectivity index (χ4v) is 4.10. The number of carbonyl (C=O) groups is 1. The van der Waals surface area contributed by atoms with Crippen LogP contribution in [0.4, 0.5) is 0 Å². The van der Waals surface area contributed by atoms with Gasteiger partial charge in [-0.05, 0) is 50.3 Å². The van der Waals surface area contributed by atoms with Crippen LogP contribution in [-0.2, 0) is 18.4 Å². The van der Waals surface area contributed by atoms with Crippen LogP contribution in [0.3, 0.4) is 0 Å². The van der Waals surface area contributed by atoms with Gasteiger partial charge in [0.05, 0.1) is 6.20 Å². The lowest BCUT2D eigenvalue weighted by atomic mass is 9.96. The molecule has 2 aromatic rings. The number of carbonyl (C=O) groups excluding carboxylic acids is 1. The Bertz CT molecular complexity index is 661. The van der Waals surface area contributed by atoms with Crippen molar-refractivity contribution >= 4 is 17.2 Å². The molecular weight excluding hydrogens is 334 g/mol. The molecule has 7 heteroatoms. The monoisotopic (exact) mass is 361 g/mol. The van der Waals surface area contributed by atoms with Crippen molar-refractivity contribution in [2.75, 3.05) is 26.7 Å². The highest BCUT2D eigenvalue weighted by atomic mass is 32.1. The Labute approximate surface area is 153 Å². The summed E-state index contributed by atoms with van der Waals surface area (Å²) < 4.78 is 1.72. The van der Waals surface area contributed by atoms with Crippen LogP contribution in [0.1, 0.15) is 29.3 Å². The van der Waals surface area contributed by atoms with Gasteiger partial charge in [-0.3, -0.25) is 14.4 Å². The van der Waals surface area contributed by atoms with Gasteiger partial charge in [-0.1, -0.05) is 6.07 Å². The molecule has 1 amide bonds. The number of nitrogens with one attached hydrogen (secondary N) is 2. The lowest BCUT2D eigenvalue weighted by molar-refractivity contribution is -0.123. The molecule has 3 rings (SSSR count). The van der Waals surface area contributed by atoms with Crippen molar-refractivity contribution in [1.82, 2.24) is 25.3 Å². The van der Waals surface area contributed by atoms with Gasteiger partial charge < -0.3 is 10.6 Å². The lowest BCUT2D eigenvalue weighted by Crippen LogP contribution is -2.41. The fraction of sp³-hybridized carbons (Fsp3) is 0.556. The maximum Gasteiger partial charge on any atom is 0.241 e. The summed E-state index contributed by atoms with van der Waals surface area (Å²) >= 11 is 1.82. The van der Waals surface area contributed by atoms with E-state index in [-0.39, 0.29) is 11.9 Å². The molecule has 0 radical (unpaired) electrons. The van der Waals surface area contributed by atoms with Crippen LogP contribution in [-0.4, -0.2) is 47.3 Å². The van der Waals surface area contributed by atoms with Crippen molar-refractivity contribution in [1.29, 1.82) is 0 Å². The van der Waals surface area contributed by atoms with E-state index in [1.807, 2.05) is 24.6 Å². The van der Waals surface area contributed by atoms with Crippen molar-refractivity contribution < 1.29 is 4.79 Å². The van der Waals surface area contributed by atoms with E-state index in [1.54, 1.807) is 17.9 Å². The largest absolute Gasteiger partial charge is 0.354 e. The number of nitrogens with zero attached hydrogens (tertiary/aromatic N) is 3. The summed E-state index contributed by atoms with van der Waals surface area (Å²) in [5.74, 6) is 0.589. The van der Waals surface area contributed by atoms with E-state index in [0.29, 0.717) is 5.92 Å². The highest BCUT2D eigenvalue weighted by Gasteiger charge is 2.23. The molecule has 6 nitrogen and oxygen atoms in total. The Morgan fingerprint density at radius 2 is 2.24 bits per heavy atom. The molecule has 0 aromatic carbocycles. The average Bonchev–Trinajstić information content (AvgIpc) is 3.27. The van der Waals surface area contributed by atoms with Crippen LogP contribution < -0.4 is 10.6 Å². The summed E-state index contributed by atoms with van der Waals surface area (Å²) in [6, 6.07) is 3.98. The van der Waals surface area contributed by atoms with Gasteiger partial charge in [0.2, 0.25) is 5.91 Å². The quantitative estimate of drug-likeness (QED) is 0.789. The zero-order chi connectivity index (χ0) is 17.6. The van der Waals surface area contributed by atoms with Gasteiger partial charge in [-0.25, -0.2) is 0 Å². The zero-order valence-corrected chi connectivity index (χ0v) is 15.8. The second-order valence-corrected chi connectivity index (χ2v) is 7.75. The van der Waals surface area contributed by atoms with Crippen molar-refractivity contribution in [2.45, 2.75) is 25.4 Å². The van der Waals surface area contributed by atoms with Gasteiger partial charge in [0, 0.05) is 36.8 Å². The number of hydrogen-bond donors (Lipinski definition) is 2. The third-order valence-electron chi connectivity index (χ3n) is 4.84. The van der Waals surface area contributed by atoms with E-state index in [9.17, 15) is 4.79 Å². The van der Waals surface area contributed by atoms with E-state index in [4.69, 9.17) is 0 Å². The van der Waals surface area contributed by atoms with Crippen molar-refractivity contribution in [3.05, 3.63) is 40.3 Å². The highest BCUT2D eigenvalue weighted by Crippen LogP contribution is 2.20. The van der Waals surface area contributed by atoms with Crippen LogP contribution in [0.2, 0.25) is 0 Å². The van der Waals surface area contributed by atoms with Crippen LogP contribution in [0, 0.1) is 5.92 Å². The van der Waals surface area contributed by atoms with Gasteiger partial charge in [0.25, 0.3) is 0 Å². The number of piperidine rings is 1. The number of amides is 1. The first-order chi connectivity index (χ1) is 12.2. The molecule has 1 unspecified atom stereocenters. The highest BCUT2D eigenvalue weighted by molar-refractivity contribution is 7.09. The van der Waals surface area contributed by atoms with Gasteiger partial charge in [0.1, 0.15) is 6.04 Å². The van der Waals surface area contributed by atoms with Crippen molar-refractivity contribution in [2.24, 2.45) is 13.0 Å². The Hall–Kier alpha value is -1.70. The van der Waals surface area contributed by atoms with E-state index < -0.39 is 0 Å². The van der Waals surface area contributed by atoms with Crippen LogP contribution >= 0.6 is 11.3 Å². The molecular formula is C18H27N5OS. The Balaban J connectivity index is 1.42. The first kappa shape index (κ1) is 18.1. The molecule has 3 heterocycles. The van der Waals surface area contributed by atoms with Gasteiger partial charge in [-0.15, -0.1) is 11.3 Å². The summed E-state index contributed by atoms with van der Waals surface area (Å²) in [7, 11) is 3.67. The lowest BCUT2D eigenvalue weighted by Gasteiger charge is -2.32. The molecule has 2 N–H and O–H groups in total. The number of likely N-dealkylation sites (N-methyl/N-ethyl adjacent to an activating group) is 1. The predicted octanol–water partition coefficient (Wildman–Crippen LogP) is 1.77. The number of aromatic nitrogens is 2. The second kappa shape index (κ2) is 8.60. The standard InChI is InChI=1S/C18H27N5OS/c1-19-17(15-11-21-22(2)12-15)18(24)20-10-14-5-7-23(8-6-14)13-16-4-3-9-25-16/h3-4,9,11-12,14,17,19H,5-8,10,13H2,1-2H3,(H,20,24). The smallest absolute Gasteiger partial charge is 0.241 e. The molecule has 25 heavy (non-hydrogen) atoms. The summed E-state index contributed by atoms with van der Waals surface area (Å²) in [5, 5.41) is 12.5. The minimum Gasteiger partial charge on any atom is -0.354 e. The maximum atomic E-state index is 12.5. The normalized spacial score (nSPS) is 17.5. The van der Waals surface area contributed by atoms with Crippen molar-refractivity contribution in [3.8, 4) is 0 Å². The molecule has 1 aliphatic rings. The van der Waals surface area contributed by atoms with Gasteiger partial charge >= 0.3 is 0 Å². The Morgan fingerprint density at radius 3 is 2.84 bits per heavy atom. The molecule has 1 saturated heterocycles. The Kier molecular flexibility index (Phi) is 6.23. The number of hydrogen-bond acceptors (Lipinski definition) is 5. The molecule has 0 bridgehead atoms. The number of likely N-dealkylation sites (tertiary alicyclic amines) is 1. The number of rotatable bonds is 7. The third kappa shape index (κ3) is 4.90. The second-order valence-electron chi connectivity index (χ2n) is 6.71. The molecule has 1 aliphatic heterocycles. The van der Waals surface area contributed by atoms with E-state index in [0.717, 1.165) is 44.6 Å². The number of aryl methyl sites for hydroxylation is 1. The van der Waals surface area contributed by atoms with E-state index in [2.05, 4.69) is 38.1 Å². The maximum absolute atomic E-state index is 12.5. The van der Waals surface area contributed by atoms with Crippen molar-refractivity contribution in [3.63, 3.8) is 0 Å². The molecule has 0 aliphatic carbocycles. The van der Waals surface area contributed by atoms with Gasteiger partial charge in [0.15, 0.2) is 0 Å². The SMILES string of the molecule is CNC(C(=O)NCC1CCN(Cc2cccs2)CC1)c1cnn(C)c1. The molecule has 0 saturated carbocycles.